The van der Waals surface area contributed by atoms with Crippen molar-refractivity contribution in [3.63, 3.8) is 0 Å². The number of carbonyl (C=O) groups is 3. The van der Waals surface area contributed by atoms with E-state index in [4.69, 9.17) is 0 Å². The second-order valence-corrected chi connectivity index (χ2v) is 17.1. The number of nitrogens with one attached hydrogen (secondary N) is 3. The zero-order chi connectivity index (χ0) is 42.9. The van der Waals surface area contributed by atoms with E-state index < -0.39 is 17.5 Å². The SMILES string of the molecule is Cc1cccc(F)c1CN1C[C@H](c2ccc(N3CCN(CCCCCCCCNC(=O)CNc4ccc5nnn(C6CCC(=O)NC6=O)c(=O)c5c4)CC3)cc2)[C@@H](N(C)C)C1. The van der Waals surface area contributed by atoms with Crippen LogP contribution in [0.3, 0.4) is 0 Å². The molecule has 0 radical (unpaired) electrons. The van der Waals surface area contributed by atoms with Gasteiger partial charge >= 0.3 is 0 Å². The van der Waals surface area contributed by atoms with E-state index in [0.29, 0.717) is 36.3 Å². The van der Waals surface area contributed by atoms with Crippen molar-refractivity contribution in [2.45, 2.75) is 82.8 Å². The monoisotopic (exact) mass is 836 g/mol. The van der Waals surface area contributed by atoms with Crippen molar-refractivity contribution in [3.05, 3.63) is 93.5 Å². The topological polar surface area (TPSA) is 148 Å². The summed E-state index contributed by atoms with van der Waals surface area (Å²) in [4.78, 5) is 59.3. The minimum absolute atomic E-state index is 0.0588. The molecule has 0 saturated carbocycles. The average molecular weight is 837 g/mol. The Hall–Kier alpha value is -5.25. The van der Waals surface area contributed by atoms with Gasteiger partial charge in [-0.15, -0.1) is 5.10 Å². The molecule has 3 amide bonds. The van der Waals surface area contributed by atoms with Gasteiger partial charge in [-0.05, 0) is 94.4 Å². The normalized spacial score (nSPS) is 20.1. The van der Waals surface area contributed by atoms with Gasteiger partial charge < -0.3 is 20.4 Å². The van der Waals surface area contributed by atoms with Gasteiger partial charge in [-0.1, -0.05) is 55.2 Å². The Morgan fingerprint density at radius 3 is 2.39 bits per heavy atom. The van der Waals surface area contributed by atoms with E-state index in [-0.39, 0.29) is 42.4 Å². The van der Waals surface area contributed by atoms with Gasteiger partial charge in [-0.3, -0.25) is 34.3 Å². The van der Waals surface area contributed by atoms with Crippen LogP contribution in [-0.4, -0.2) is 126 Å². The highest BCUT2D eigenvalue weighted by Gasteiger charge is 2.36. The van der Waals surface area contributed by atoms with Gasteiger partial charge in [0.05, 0.1) is 11.9 Å². The number of benzene rings is 3. The van der Waals surface area contributed by atoms with Gasteiger partial charge in [0.15, 0.2) is 0 Å². The lowest BCUT2D eigenvalue weighted by molar-refractivity contribution is -0.136. The molecule has 0 aliphatic carbocycles. The number of piperidine rings is 1. The van der Waals surface area contributed by atoms with E-state index in [1.54, 1.807) is 30.3 Å². The van der Waals surface area contributed by atoms with Crippen LogP contribution in [0, 0.1) is 12.7 Å². The first kappa shape index (κ1) is 43.8. The molecule has 326 valence electrons. The summed E-state index contributed by atoms with van der Waals surface area (Å²) in [5.74, 6) is -0.803. The standard InChI is InChI=1S/C46H61FN10O4/c1-32-11-10-12-39(47)37(32)29-55-30-38(42(31-55)53(2)3)33-13-16-35(17-14-33)56-25-23-54(24-26-56)22-9-7-5-4-6-8-21-48-44(59)28-49-34-15-18-40-36(27-34)46(61)57(52-51-40)41-19-20-43(58)50-45(41)60/h10-18,27,38,41-42,49H,4-9,19-26,28-31H2,1-3H3,(H,48,59)(H,50,58,60)/t38-,41?,42+/m1/s1. The minimum atomic E-state index is -0.896. The quantitative estimate of drug-likeness (QED) is 0.0966. The molecular formula is C46H61FN10O4. The Labute approximate surface area is 357 Å². The van der Waals surface area contributed by atoms with Gasteiger partial charge in [0.2, 0.25) is 11.8 Å². The van der Waals surface area contributed by atoms with Gasteiger partial charge in [-0.25, -0.2) is 4.39 Å². The van der Waals surface area contributed by atoms with Gasteiger partial charge in [-0.2, -0.15) is 4.68 Å². The highest BCUT2D eigenvalue weighted by molar-refractivity contribution is 5.99. The molecule has 3 N–H and O–H groups in total. The number of unbranched alkanes of at least 4 members (excludes halogenated alkanes) is 5. The van der Waals surface area contributed by atoms with Gasteiger partial charge in [0.25, 0.3) is 11.5 Å². The van der Waals surface area contributed by atoms with Crippen LogP contribution in [0.2, 0.25) is 0 Å². The second-order valence-electron chi connectivity index (χ2n) is 17.1. The maximum atomic E-state index is 14.6. The summed E-state index contributed by atoms with van der Waals surface area (Å²) in [6.07, 6.45) is 7.04. The molecule has 14 nitrogen and oxygen atoms in total. The summed E-state index contributed by atoms with van der Waals surface area (Å²) in [6.45, 7) is 10.5. The fourth-order valence-corrected chi connectivity index (χ4v) is 9.02. The molecule has 1 aromatic heterocycles. The van der Waals surface area contributed by atoms with Crippen LogP contribution in [0.25, 0.3) is 10.9 Å². The average Bonchev–Trinajstić information content (AvgIpc) is 3.69. The van der Waals surface area contributed by atoms with E-state index in [1.165, 1.54) is 30.5 Å². The number of halogens is 1. The van der Waals surface area contributed by atoms with E-state index in [2.05, 4.69) is 84.2 Å². The molecule has 4 heterocycles. The second kappa shape index (κ2) is 20.5. The van der Waals surface area contributed by atoms with Crippen molar-refractivity contribution in [2.24, 2.45) is 0 Å². The van der Waals surface area contributed by atoms with Crippen molar-refractivity contribution in [2.75, 3.05) is 83.2 Å². The third-order valence-corrected chi connectivity index (χ3v) is 12.7. The number of likely N-dealkylation sites (N-methyl/N-ethyl adjacent to an activating group) is 1. The van der Waals surface area contributed by atoms with Crippen molar-refractivity contribution in [1.29, 1.82) is 0 Å². The molecule has 0 spiro atoms. The van der Waals surface area contributed by atoms with Crippen molar-refractivity contribution in [3.8, 4) is 0 Å². The number of hydrogen-bond acceptors (Lipinski definition) is 11. The van der Waals surface area contributed by atoms with Crippen LogP contribution in [0.15, 0.2) is 65.5 Å². The van der Waals surface area contributed by atoms with Crippen LogP contribution >= 0.6 is 0 Å². The Morgan fingerprint density at radius 1 is 0.902 bits per heavy atom. The highest BCUT2D eigenvalue weighted by atomic mass is 19.1. The number of piperazine rings is 1. The number of rotatable bonds is 18. The predicted octanol–water partition coefficient (Wildman–Crippen LogP) is 4.44. The number of amides is 3. The third-order valence-electron chi connectivity index (χ3n) is 12.7. The molecule has 3 aliphatic rings. The zero-order valence-electron chi connectivity index (χ0n) is 35.9. The summed E-state index contributed by atoms with van der Waals surface area (Å²) in [6, 6.07) is 19.0. The van der Waals surface area contributed by atoms with Crippen LogP contribution in [0.1, 0.15) is 80.0 Å². The maximum absolute atomic E-state index is 14.6. The summed E-state index contributed by atoms with van der Waals surface area (Å²) >= 11 is 0. The van der Waals surface area contributed by atoms with Crippen molar-refractivity contribution < 1.29 is 18.8 Å². The van der Waals surface area contributed by atoms with Crippen molar-refractivity contribution in [1.82, 2.24) is 40.3 Å². The largest absolute Gasteiger partial charge is 0.376 e. The molecule has 3 atom stereocenters. The highest BCUT2D eigenvalue weighted by Crippen LogP contribution is 2.33. The number of nitrogens with zero attached hydrogens (tertiary/aromatic N) is 7. The Morgan fingerprint density at radius 2 is 1.66 bits per heavy atom. The fraction of sp³-hybridized carbons (Fsp3) is 0.522. The number of hydrogen-bond donors (Lipinski definition) is 3. The Kier molecular flexibility index (Phi) is 14.8. The number of aryl methyl sites for hydroxylation is 1. The molecule has 1 unspecified atom stereocenters. The number of fused-ring (bicyclic) bond motifs is 1. The fourth-order valence-electron chi connectivity index (χ4n) is 9.02. The Balaban J connectivity index is 0.742. The zero-order valence-corrected chi connectivity index (χ0v) is 35.9. The summed E-state index contributed by atoms with van der Waals surface area (Å²) in [7, 11) is 4.31. The molecule has 3 fully saturated rings. The molecule has 3 saturated heterocycles. The smallest absolute Gasteiger partial charge is 0.278 e. The molecule has 15 heteroatoms. The van der Waals surface area contributed by atoms with Gasteiger partial charge in [0.1, 0.15) is 17.4 Å². The summed E-state index contributed by atoms with van der Waals surface area (Å²) in [5.41, 5.74) is 4.94. The van der Waals surface area contributed by atoms with Crippen LogP contribution in [0.5, 0.6) is 0 Å². The van der Waals surface area contributed by atoms with Gasteiger partial charge in [0, 0.05) is 87.7 Å². The Bertz CT molecular complexity index is 2190. The molecule has 61 heavy (non-hydrogen) atoms. The molecule has 4 aromatic rings. The summed E-state index contributed by atoms with van der Waals surface area (Å²) in [5, 5.41) is 16.5. The first-order valence-corrected chi connectivity index (χ1v) is 22.0. The van der Waals surface area contributed by atoms with E-state index in [0.717, 1.165) is 80.9 Å². The van der Waals surface area contributed by atoms with Crippen LogP contribution in [-0.2, 0) is 20.9 Å². The first-order chi connectivity index (χ1) is 29.5. The molecule has 7 rings (SSSR count). The summed E-state index contributed by atoms with van der Waals surface area (Å²) < 4.78 is 15.7. The number of likely N-dealkylation sites (tertiary alicyclic amines) is 1. The molecule has 0 bridgehead atoms. The van der Waals surface area contributed by atoms with E-state index in [1.807, 2.05) is 13.0 Å². The predicted molar refractivity (Wildman–Crippen MR) is 236 cm³/mol. The lowest BCUT2D eigenvalue weighted by Crippen LogP contribution is -2.46. The van der Waals surface area contributed by atoms with Crippen LogP contribution in [0.4, 0.5) is 15.8 Å². The number of carbonyl (C=O) groups excluding carboxylic acids is 3. The maximum Gasteiger partial charge on any atom is 0.278 e. The van der Waals surface area contributed by atoms with E-state index >= 15 is 0 Å². The lowest BCUT2D eigenvalue weighted by atomic mass is 9.93. The van der Waals surface area contributed by atoms with Crippen LogP contribution < -0.4 is 26.4 Å². The van der Waals surface area contributed by atoms with Crippen molar-refractivity contribution >= 4 is 40.0 Å². The number of imide groups is 1. The molecule has 3 aliphatic heterocycles. The van der Waals surface area contributed by atoms with E-state index in [9.17, 15) is 23.6 Å². The third kappa shape index (κ3) is 11.2. The molecule has 3 aromatic carbocycles. The number of aromatic nitrogens is 3. The lowest BCUT2D eigenvalue weighted by Gasteiger charge is -2.36. The molecular weight excluding hydrogens is 776 g/mol. The minimum Gasteiger partial charge on any atom is -0.376 e. The first-order valence-electron chi connectivity index (χ1n) is 22.0. The number of anilines is 2.